The van der Waals surface area contributed by atoms with Gasteiger partial charge in [0.2, 0.25) is 0 Å². The number of hydrogen-bond donors (Lipinski definition) is 1. The van der Waals surface area contributed by atoms with Crippen LogP contribution in [0.1, 0.15) is 36.8 Å². The van der Waals surface area contributed by atoms with Crippen LogP contribution in [0.2, 0.25) is 0 Å². The van der Waals surface area contributed by atoms with Crippen molar-refractivity contribution in [2.75, 3.05) is 0 Å². The van der Waals surface area contributed by atoms with E-state index < -0.39 is 0 Å². The number of rotatable bonds is 5. The minimum absolute atomic E-state index is 0.453. The van der Waals surface area contributed by atoms with Crippen LogP contribution in [-0.2, 0) is 13.0 Å². The molecule has 0 aromatic carbocycles. The lowest BCUT2D eigenvalue weighted by Gasteiger charge is -2.09. The van der Waals surface area contributed by atoms with Crippen LogP contribution in [0.5, 0.6) is 0 Å². The number of aromatic nitrogens is 3. The van der Waals surface area contributed by atoms with E-state index in [1.54, 1.807) is 6.20 Å². The van der Waals surface area contributed by atoms with Crippen molar-refractivity contribution in [2.45, 2.75) is 39.8 Å². The second kappa shape index (κ2) is 6.38. The van der Waals surface area contributed by atoms with Crippen LogP contribution in [0.3, 0.4) is 0 Å². The first-order valence-corrected chi connectivity index (χ1v) is 6.60. The predicted molar refractivity (Wildman–Crippen MR) is 75.8 cm³/mol. The van der Waals surface area contributed by atoms with E-state index >= 15 is 0 Å². The van der Waals surface area contributed by atoms with Gasteiger partial charge in [0.1, 0.15) is 5.82 Å². The normalized spacial score (nSPS) is 10.9. The summed E-state index contributed by atoms with van der Waals surface area (Å²) < 4.78 is 0. The molecular formula is C15H20N4. The zero-order valence-electron chi connectivity index (χ0n) is 11.7. The predicted octanol–water partition coefficient (Wildman–Crippen LogP) is 2.27. The van der Waals surface area contributed by atoms with Gasteiger partial charge in [-0.3, -0.25) is 4.98 Å². The number of aryl methyl sites for hydroxylation is 1. The molecule has 0 atom stereocenters. The van der Waals surface area contributed by atoms with E-state index in [0.29, 0.717) is 12.5 Å². The first kappa shape index (κ1) is 13.6. The minimum atomic E-state index is 0.453. The molecule has 0 spiro atoms. The van der Waals surface area contributed by atoms with Crippen LogP contribution in [0.15, 0.2) is 30.5 Å². The third-order valence-electron chi connectivity index (χ3n) is 2.71. The molecule has 19 heavy (non-hydrogen) atoms. The van der Waals surface area contributed by atoms with E-state index in [1.807, 2.05) is 31.2 Å². The Kier molecular flexibility index (Phi) is 4.58. The SMILES string of the molecule is Cc1cc(CNC(C)C)nc(Cc2ccccn2)n1. The van der Waals surface area contributed by atoms with Gasteiger partial charge in [0.05, 0.1) is 12.1 Å². The Balaban J connectivity index is 2.12. The van der Waals surface area contributed by atoms with Crippen molar-refractivity contribution >= 4 is 0 Å². The van der Waals surface area contributed by atoms with Crippen molar-refractivity contribution in [3.05, 3.63) is 53.4 Å². The Bertz CT molecular complexity index is 523. The highest BCUT2D eigenvalue weighted by molar-refractivity contribution is 5.15. The van der Waals surface area contributed by atoms with E-state index in [2.05, 4.69) is 34.1 Å². The highest BCUT2D eigenvalue weighted by Crippen LogP contribution is 2.06. The maximum atomic E-state index is 4.59. The highest BCUT2D eigenvalue weighted by Gasteiger charge is 2.05. The second-order valence-electron chi connectivity index (χ2n) is 4.95. The highest BCUT2D eigenvalue weighted by atomic mass is 15.0. The third kappa shape index (κ3) is 4.41. The summed E-state index contributed by atoms with van der Waals surface area (Å²) in [6.07, 6.45) is 2.48. The lowest BCUT2D eigenvalue weighted by atomic mass is 10.2. The summed E-state index contributed by atoms with van der Waals surface area (Å²) >= 11 is 0. The fourth-order valence-electron chi connectivity index (χ4n) is 1.84. The summed E-state index contributed by atoms with van der Waals surface area (Å²) in [5.74, 6) is 0.833. The largest absolute Gasteiger partial charge is 0.309 e. The van der Waals surface area contributed by atoms with Crippen LogP contribution >= 0.6 is 0 Å². The Hall–Kier alpha value is -1.81. The van der Waals surface area contributed by atoms with Gasteiger partial charge in [-0.05, 0) is 25.1 Å². The van der Waals surface area contributed by atoms with Gasteiger partial charge in [-0.15, -0.1) is 0 Å². The van der Waals surface area contributed by atoms with E-state index in [0.717, 1.165) is 29.5 Å². The Morgan fingerprint density at radius 2 is 2.00 bits per heavy atom. The van der Waals surface area contributed by atoms with E-state index in [9.17, 15) is 0 Å². The monoisotopic (exact) mass is 256 g/mol. The maximum absolute atomic E-state index is 4.59. The maximum Gasteiger partial charge on any atom is 0.134 e. The van der Waals surface area contributed by atoms with Crippen molar-refractivity contribution in [2.24, 2.45) is 0 Å². The lowest BCUT2D eigenvalue weighted by molar-refractivity contribution is 0.578. The van der Waals surface area contributed by atoms with Crippen molar-refractivity contribution < 1.29 is 0 Å². The molecule has 2 heterocycles. The second-order valence-corrected chi connectivity index (χ2v) is 4.95. The molecule has 0 aliphatic rings. The summed E-state index contributed by atoms with van der Waals surface area (Å²) in [5.41, 5.74) is 3.03. The van der Waals surface area contributed by atoms with Crippen LogP contribution < -0.4 is 5.32 Å². The average Bonchev–Trinajstić information content (AvgIpc) is 2.37. The van der Waals surface area contributed by atoms with Crippen molar-refractivity contribution in [3.63, 3.8) is 0 Å². The quantitative estimate of drug-likeness (QED) is 0.891. The van der Waals surface area contributed by atoms with Gasteiger partial charge in [-0.25, -0.2) is 9.97 Å². The average molecular weight is 256 g/mol. The molecule has 100 valence electrons. The first-order chi connectivity index (χ1) is 9.13. The van der Waals surface area contributed by atoms with Crippen LogP contribution in [0, 0.1) is 6.92 Å². The zero-order chi connectivity index (χ0) is 13.7. The zero-order valence-corrected chi connectivity index (χ0v) is 11.7. The molecule has 2 aromatic rings. The molecule has 4 nitrogen and oxygen atoms in total. The van der Waals surface area contributed by atoms with Crippen LogP contribution in [0.25, 0.3) is 0 Å². The fourth-order valence-corrected chi connectivity index (χ4v) is 1.84. The molecule has 0 aliphatic carbocycles. The number of pyridine rings is 1. The summed E-state index contributed by atoms with van der Waals surface area (Å²) in [5, 5.41) is 3.37. The summed E-state index contributed by atoms with van der Waals surface area (Å²) in [4.78, 5) is 13.4. The minimum Gasteiger partial charge on any atom is -0.309 e. The van der Waals surface area contributed by atoms with Crippen molar-refractivity contribution in [1.29, 1.82) is 0 Å². The third-order valence-corrected chi connectivity index (χ3v) is 2.71. The van der Waals surface area contributed by atoms with Crippen LogP contribution in [0.4, 0.5) is 0 Å². The molecule has 0 radical (unpaired) electrons. The van der Waals surface area contributed by atoms with Gasteiger partial charge in [0, 0.05) is 30.2 Å². The summed E-state index contributed by atoms with van der Waals surface area (Å²) in [6, 6.07) is 8.38. The van der Waals surface area contributed by atoms with Gasteiger partial charge >= 0.3 is 0 Å². The standard InChI is InChI=1S/C15H20N4/c1-11(2)17-10-14-8-12(3)18-15(19-14)9-13-6-4-5-7-16-13/h4-8,11,17H,9-10H2,1-3H3. The van der Waals surface area contributed by atoms with E-state index in [4.69, 9.17) is 0 Å². The van der Waals surface area contributed by atoms with Gasteiger partial charge in [-0.1, -0.05) is 19.9 Å². The van der Waals surface area contributed by atoms with Gasteiger partial charge in [0.25, 0.3) is 0 Å². The molecule has 0 unspecified atom stereocenters. The molecule has 1 N–H and O–H groups in total. The molecule has 2 rings (SSSR count). The van der Waals surface area contributed by atoms with E-state index in [1.165, 1.54) is 0 Å². The molecule has 0 saturated carbocycles. The van der Waals surface area contributed by atoms with Gasteiger partial charge < -0.3 is 5.32 Å². The smallest absolute Gasteiger partial charge is 0.134 e. The molecule has 0 aliphatic heterocycles. The first-order valence-electron chi connectivity index (χ1n) is 6.60. The van der Waals surface area contributed by atoms with Crippen molar-refractivity contribution in [3.8, 4) is 0 Å². The molecule has 0 fully saturated rings. The molecular weight excluding hydrogens is 236 g/mol. The summed E-state index contributed by atoms with van der Waals surface area (Å²) in [7, 11) is 0. The number of nitrogens with one attached hydrogen (secondary N) is 1. The van der Waals surface area contributed by atoms with E-state index in [-0.39, 0.29) is 0 Å². The van der Waals surface area contributed by atoms with Crippen LogP contribution in [-0.4, -0.2) is 21.0 Å². The number of nitrogens with zero attached hydrogens (tertiary/aromatic N) is 3. The fraction of sp³-hybridized carbons (Fsp3) is 0.400. The summed E-state index contributed by atoms with van der Waals surface area (Å²) in [6.45, 7) is 7.03. The van der Waals surface area contributed by atoms with Gasteiger partial charge in [-0.2, -0.15) is 0 Å². The van der Waals surface area contributed by atoms with Gasteiger partial charge in [0.15, 0.2) is 0 Å². The molecule has 0 saturated heterocycles. The molecule has 2 aromatic heterocycles. The molecule has 0 bridgehead atoms. The van der Waals surface area contributed by atoms with Crippen molar-refractivity contribution in [1.82, 2.24) is 20.3 Å². The topological polar surface area (TPSA) is 50.7 Å². The Labute approximate surface area is 114 Å². The lowest BCUT2D eigenvalue weighted by Crippen LogP contribution is -2.23. The Morgan fingerprint density at radius 3 is 2.68 bits per heavy atom. The Morgan fingerprint density at radius 1 is 1.16 bits per heavy atom. The number of hydrogen-bond acceptors (Lipinski definition) is 4. The molecule has 4 heteroatoms. The molecule has 0 amide bonds.